The number of aromatic nitrogens is 4. The van der Waals surface area contributed by atoms with Crippen molar-refractivity contribution in [1.82, 2.24) is 19.5 Å². The topological polar surface area (TPSA) is 92.6 Å². The van der Waals surface area contributed by atoms with Crippen LogP contribution in [0.15, 0.2) is 91.3 Å². The zero-order valence-corrected chi connectivity index (χ0v) is 35.4. The van der Waals surface area contributed by atoms with E-state index in [4.69, 9.17) is 33.3 Å². The van der Waals surface area contributed by atoms with E-state index >= 15 is 0 Å². The molecule has 6 aromatic rings. The minimum Gasteiger partial charge on any atom is -0.471 e. The summed E-state index contributed by atoms with van der Waals surface area (Å²) < 4.78 is 29.3. The second kappa shape index (κ2) is 14.5. The predicted octanol–water partition coefficient (Wildman–Crippen LogP) is 11.2. The second-order valence-corrected chi connectivity index (χ2v) is 27.2. The molecule has 4 aromatic carbocycles. The predicted molar refractivity (Wildman–Crippen MR) is 225 cm³/mol. The molecule has 2 aromatic heterocycles. The molecule has 1 N–H and O–H groups in total. The van der Waals surface area contributed by atoms with Crippen LogP contribution in [0.2, 0.25) is 36.3 Å². The van der Waals surface area contributed by atoms with E-state index in [0.29, 0.717) is 42.6 Å². The van der Waals surface area contributed by atoms with Crippen LogP contribution in [0.3, 0.4) is 0 Å². The molecule has 9 nitrogen and oxygen atoms in total. The summed E-state index contributed by atoms with van der Waals surface area (Å²) in [7, 11) is -4.19. The highest BCUT2D eigenvalue weighted by atomic mass is 28.4. The van der Waals surface area contributed by atoms with Gasteiger partial charge in [0.25, 0.3) is 0 Å². The molecule has 0 amide bonds. The summed E-state index contributed by atoms with van der Waals surface area (Å²) in [5.41, 5.74) is 3.17. The van der Waals surface area contributed by atoms with E-state index in [1.54, 1.807) is 6.33 Å². The molecule has 54 heavy (non-hydrogen) atoms. The molecule has 3 atom stereocenters. The summed E-state index contributed by atoms with van der Waals surface area (Å²) in [5, 5.41) is 8.16. The van der Waals surface area contributed by atoms with Gasteiger partial charge in [-0.25, -0.2) is 4.98 Å². The zero-order valence-electron chi connectivity index (χ0n) is 33.4. The zero-order chi connectivity index (χ0) is 38.5. The molecule has 11 heteroatoms. The van der Waals surface area contributed by atoms with Crippen molar-refractivity contribution in [2.75, 3.05) is 11.9 Å². The van der Waals surface area contributed by atoms with Crippen LogP contribution in [0, 0.1) is 0 Å². The van der Waals surface area contributed by atoms with E-state index in [1.807, 2.05) is 34.9 Å². The van der Waals surface area contributed by atoms with Crippen LogP contribution in [-0.4, -0.2) is 55.0 Å². The summed E-state index contributed by atoms with van der Waals surface area (Å²) in [4.78, 5) is 15.0. The molecule has 0 spiro atoms. The molecule has 0 aliphatic carbocycles. The Morgan fingerprint density at radius 3 is 2.04 bits per heavy atom. The van der Waals surface area contributed by atoms with Gasteiger partial charge in [0.1, 0.15) is 18.9 Å². The summed E-state index contributed by atoms with van der Waals surface area (Å²) >= 11 is 0. The average Bonchev–Trinajstić information content (AvgIpc) is 3.72. The number of anilines is 2. The molecular weight excluding hydrogens is 707 g/mol. The van der Waals surface area contributed by atoms with Crippen molar-refractivity contribution in [2.24, 2.45) is 0 Å². The Morgan fingerprint density at radius 2 is 1.41 bits per heavy atom. The SMILES string of the molecule is CC(C)(C)[Si](C)(C)OC[C@H]1O[C@@H](n2cnc3c(OCc4ccccc4)nc(Nc4c5ccccc5cc5ccccc45)nc32)C[C@@H]1O[Si](C)(C)C(C)(C)C. The van der Waals surface area contributed by atoms with Gasteiger partial charge in [-0.3, -0.25) is 4.57 Å². The number of imidazole rings is 1. The van der Waals surface area contributed by atoms with Crippen LogP contribution in [-0.2, 0) is 20.2 Å². The third-order valence-electron chi connectivity index (χ3n) is 11.8. The number of hydrogen-bond acceptors (Lipinski definition) is 8. The third kappa shape index (κ3) is 7.70. The van der Waals surface area contributed by atoms with Gasteiger partial charge in [-0.05, 0) is 58.7 Å². The molecule has 0 radical (unpaired) electrons. The highest BCUT2D eigenvalue weighted by molar-refractivity contribution is 6.74. The number of benzene rings is 4. The lowest BCUT2D eigenvalue weighted by Crippen LogP contribution is -2.48. The second-order valence-electron chi connectivity index (χ2n) is 17.6. The molecule has 0 saturated carbocycles. The minimum absolute atomic E-state index is 0.0438. The number of nitrogens with zero attached hydrogens (tertiary/aromatic N) is 4. The molecule has 7 rings (SSSR count). The normalized spacial score (nSPS) is 18.5. The maximum absolute atomic E-state index is 7.11. The Balaban J connectivity index is 1.29. The Morgan fingerprint density at radius 1 is 0.796 bits per heavy atom. The first-order valence-electron chi connectivity index (χ1n) is 19.1. The molecule has 1 saturated heterocycles. The van der Waals surface area contributed by atoms with Gasteiger partial charge < -0.3 is 23.6 Å². The molecular formula is C43H55N5O4Si2. The monoisotopic (exact) mass is 761 g/mol. The fourth-order valence-corrected chi connectivity index (χ4v) is 8.82. The number of ether oxygens (including phenoxy) is 2. The third-order valence-corrected chi connectivity index (χ3v) is 20.8. The molecule has 0 unspecified atom stereocenters. The molecule has 1 aliphatic rings. The maximum Gasteiger partial charge on any atom is 0.247 e. The molecule has 0 bridgehead atoms. The van der Waals surface area contributed by atoms with E-state index in [1.165, 1.54) is 0 Å². The van der Waals surface area contributed by atoms with Crippen LogP contribution in [0.25, 0.3) is 32.7 Å². The highest BCUT2D eigenvalue weighted by Gasteiger charge is 2.47. The van der Waals surface area contributed by atoms with Crippen LogP contribution in [0.1, 0.15) is 59.8 Å². The van der Waals surface area contributed by atoms with Gasteiger partial charge >= 0.3 is 0 Å². The van der Waals surface area contributed by atoms with Gasteiger partial charge in [-0.15, -0.1) is 0 Å². The Bertz CT molecular complexity index is 2210. The first kappa shape index (κ1) is 38.2. The van der Waals surface area contributed by atoms with Crippen LogP contribution >= 0.6 is 0 Å². The van der Waals surface area contributed by atoms with Crippen LogP contribution in [0.4, 0.5) is 11.6 Å². The van der Waals surface area contributed by atoms with Gasteiger partial charge in [-0.2, -0.15) is 9.97 Å². The van der Waals surface area contributed by atoms with Crippen molar-refractivity contribution in [3.05, 3.63) is 96.8 Å². The Labute approximate surface area is 321 Å². The van der Waals surface area contributed by atoms with Crippen LogP contribution < -0.4 is 10.1 Å². The first-order chi connectivity index (χ1) is 25.5. The number of rotatable bonds is 11. The van der Waals surface area contributed by atoms with Gasteiger partial charge in [0.2, 0.25) is 11.8 Å². The van der Waals surface area contributed by atoms with Crippen molar-refractivity contribution >= 4 is 61.0 Å². The maximum atomic E-state index is 7.11. The van der Waals surface area contributed by atoms with Gasteiger partial charge in [0.15, 0.2) is 27.8 Å². The van der Waals surface area contributed by atoms with Crippen LogP contribution in [0.5, 0.6) is 5.88 Å². The van der Waals surface area contributed by atoms with Crippen molar-refractivity contribution in [2.45, 2.75) is 109 Å². The largest absolute Gasteiger partial charge is 0.471 e. The summed E-state index contributed by atoms with van der Waals surface area (Å²) in [6.07, 6.45) is 1.68. The average molecular weight is 762 g/mol. The fourth-order valence-electron chi connectivity index (χ4n) is 6.45. The fraction of sp³-hybridized carbons (Fsp3) is 0.419. The quantitative estimate of drug-likeness (QED) is 0.103. The van der Waals surface area contributed by atoms with Gasteiger partial charge in [0, 0.05) is 17.2 Å². The number of fused-ring (bicyclic) bond motifs is 3. The summed E-state index contributed by atoms with van der Waals surface area (Å²) in [5.74, 6) is 0.818. The molecule has 284 valence electrons. The van der Waals surface area contributed by atoms with Crippen molar-refractivity contribution in [3.63, 3.8) is 0 Å². The lowest BCUT2D eigenvalue weighted by atomic mass is 10.0. The Kier molecular flexibility index (Phi) is 10.2. The van der Waals surface area contributed by atoms with E-state index in [2.05, 4.69) is 128 Å². The molecule has 1 aliphatic heterocycles. The van der Waals surface area contributed by atoms with E-state index in [9.17, 15) is 0 Å². The van der Waals surface area contributed by atoms with Crippen molar-refractivity contribution < 1.29 is 18.3 Å². The van der Waals surface area contributed by atoms with E-state index in [0.717, 1.165) is 32.8 Å². The minimum atomic E-state index is -2.15. The van der Waals surface area contributed by atoms with Gasteiger partial charge in [0.05, 0.1) is 24.7 Å². The number of nitrogens with one attached hydrogen (secondary N) is 1. The van der Waals surface area contributed by atoms with Crippen molar-refractivity contribution in [3.8, 4) is 5.88 Å². The van der Waals surface area contributed by atoms with E-state index < -0.39 is 16.6 Å². The standard InChI is InChI=1S/C43H55N5O4Si2/c1-42(2,3)53(7,8)50-27-35-34(52-54(9,10)43(4,5)6)25-36(51-35)48-28-44-38-39(48)46-41(47-40(38)49-26-29-18-12-11-13-19-29)45-37-32-22-16-14-20-30(32)24-31-21-15-17-23-33(31)37/h11-24,28,34-36H,25-27H2,1-10H3,(H,45,46,47)/t34-,35+,36+/m0/s1. The summed E-state index contributed by atoms with van der Waals surface area (Å²) in [6, 6.07) is 29.1. The molecule has 3 heterocycles. The lowest BCUT2D eigenvalue weighted by Gasteiger charge is -2.40. The highest BCUT2D eigenvalue weighted by Crippen LogP contribution is 2.43. The lowest BCUT2D eigenvalue weighted by molar-refractivity contribution is -0.0383. The molecule has 1 fully saturated rings. The first-order valence-corrected chi connectivity index (χ1v) is 24.9. The summed E-state index contributed by atoms with van der Waals surface area (Å²) in [6.45, 7) is 23.6. The van der Waals surface area contributed by atoms with Crippen molar-refractivity contribution in [1.29, 1.82) is 0 Å². The van der Waals surface area contributed by atoms with E-state index in [-0.39, 0.29) is 28.5 Å². The Hall–Kier alpha value is -4.14. The smallest absolute Gasteiger partial charge is 0.247 e. The van der Waals surface area contributed by atoms with Gasteiger partial charge in [-0.1, -0.05) is 120 Å². The number of hydrogen-bond donors (Lipinski definition) is 1.